The third kappa shape index (κ3) is 2.36. The quantitative estimate of drug-likeness (QED) is 0.862. The fourth-order valence-electron chi connectivity index (χ4n) is 1.74. The Hall–Kier alpha value is -2.10. The van der Waals surface area contributed by atoms with Gasteiger partial charge < -0.3 is 10.1 Å². The number of ether oxygens (including phenoxy) is 1. The zero-order valence-corrected chi connectivity index (χ0v) is 10.1. The second kappa shape index (κ2) is 4.41. The monoisotopic (exact) mass is 230 g/mol. The van der Waals surface area contributed by atoms with E-state index in [2.05, 4.69) is 10.3 Å². The molecule has 0 spiro atoms. The number of anilines is 1. The first kappa shape index (κ1) is 11.4. The molecule has 0 saturated carbocycles. The van der Waals surface area contributed by atoms with Crippen LogP contribution in [0.25, 0.3) is 10.9 Å². The van der Waals surface area contributed by atoms with Crippen LogP contribution in [0.2, 0.25) is 0 Å². The number of nitrogens with one attached hydrogen (secondary N) is 1. The molecule has 0 unspecified atom stereocenters. The van der Waals surface area contributed by atoms with Crippen LogP contribution < -0.4 is 10.1 Å². The predicted molar refractivity (Wildman–Crippen MR) is 67.3 cm³/mol. The van der Waals surface area contributed by atoms with E-state index in [4.69, 9.17) is 4.74 Å². The standard InChI is InChI=1S/C13H14N2O2/c1-8-4-11-12(14-7-8)5-10(15-9(2)16)6-13(11)17-3/h4-7H,1-3H3,(H,15,16). The van der Waals surface area contributed by atoms with Crippen LogP contribution in [0.1, 0.15) is 12.5 Å². The Morgan fingerprint density at radius 2 is 2.12 bits per heavy atom. The van der Waals surface area contributed by atoms with Crippen LogP contribution in [-0.4, -0.2) is 18.0 Å². The molecular weight excluding hydrogens is 216 g/mol. The predicted octanol–water partition coefficient (Wildman–Crippen LogP) is 2.51. The lowest BCUT2D eigenvalue weighted by Gasteiger charge is -2.09. The summed E-state index contributed by atoms with van der Waals surface area (Å²) in [4.78, 5) is 15.4. The number of fused-ring (bicyclic) bond motifs is 1. The lowest BCUT2D eigenvalue weighted by Crippen LogP contribution is -2.06. The molecule has 4 nitrogen and oxygen atoms in total. The highest BCUT2D eigenvalue weighted by Gasteiger charge is 2.06. The van der Waals surface area contributed by atoms with Gasteiger partial charge in [-0.15, -0.1) is 0 Å². The van der Waals surface area contributed by atoms with Crippen molar-refractivity contribution < 1.29 is 9.53 Å². The van der Waals surface area contributed by atoms with Crippen LogP contribution in [0, 0.1) is 6.92 Å². The van der Waals surface area contributed by atoms with Gasteiger partial charge in [-0.05, 0) is 24.6 Å². The zero-order valence-electron chi connectivity index (χ0n) is 10.1. The smallest absolute Gasteiger partial charge is 0.221 e. The van der Waals surface area contributed by atoms with Crippen LogP contribution in [0.4, 0.5) is 5.69 Å². The number of aryl methyl sites for hydroxylation is 1. The zero-order chi connectivity index (χ0) is 12.4. The summed E-state index contributed by atoms with van der Waals surface area (Å²) < 4.78 is 5.31. The average Bonchev–Trinajstić information content (AvgIpc) is 2.27. The molecule has 1 N–H and O–H groups in total. The maximum absolute atomic E-state index is 11.0. The van der Waals surface area contributed by atoms with Crippen molar-refractivity contribution in [2.24, 2.45) is 0 Å². The number of aromatic nitrogens is 1. The number of benzene rings is 1. The van der Waals surface area contributed by atoms with Crippen LogP contribution in [-0.2, 0) is 4.79 Å². The van der Waals surface area contributed by atoms with E-state index in [-0.39, 0.29) is 5.91 Å². The molecule has 0 radical (unpaired) electrons. The van der Waals surface area contributed by atoms with E-state index in [0.717, 1.165) is 16.5 Å². The number of amides is 1. The summed E-state index contributed by atoms with van der Waals surface area (Å²) in [5.74, 6) is 0.598. The first-order valence-corrected chi connectivity index (χ1v) is 5.32. The molecule has 2 aromatic rings. The van der Waals surface area contributed by atoms with Gasteiger partial charge in [-0.25, -0.2) is 0 Å². The number of hydrogen-bond donors (Lipinski definition) is 1. The fourth-order valence-corrected chi connectivity index (χ4v) is 1.74. The maximum atomic E-state index is 11.0. The summed E-state index contributed by atoms with van der Waals surface area (Å²) in [7, 11) is 1.61. The molecule has 0 aliphatic carbocycles. The summed E-state index contributed by atoms with van der Waals surface area (Å²) in [6.07, 6.45) is 1.79. The molecule has 0 aliphatic heterocycles. The number of pyridine rings is 1. The van der Waals surface area contributed by atoms with Crippen molar-refractivity contribution in [3.8, 4) is 5.75 Å². The van der Waals surface area contributed by atoms with E-state index in [1.165, 1.54) is 6.92 Å². The second-order valence-electron chi connectivity index (χ2n) is 3.94. The van der Waals surface area contributed by atoms with E-state index < -0.39 is 0 Å². The summed E-state index contributed by atoms with van der Waals surface area (Å²) in [6.45, 7) is 3.45. The number of carbonyl (C=O) groups is 1. The first-order chi connectivity index (χ1) is 8.10. The number of carbonyl (C=O) groups excluding carboxylic acids is 1. The molecule has 17 heavy (non-hydrogen) atoms. The highest BCUT2D eigenvalue weighted by molar-refractivity contribution is 5.94. The van der Waals surface area contributed by atoms with E-state index in [1.54, 1.807) is 19.4 Å². The minimum absolute atomic E-state index is 0.112. The van der Waals surface area contributed by atoms with Crippen molar-refractivity contribution in [1.82, 2.24) is 4.98 Å². The topological polar surface area (TPSA) is 51.2 Å². The minimum Gasteiger partial charge on any atom is -0.496 e. The summed E-state index contributed by atoms with van der Waals surface area (Å²) in [5.41, 5.74) is 2.57. The number of rotatable bonds is 2. The van der Waals surface area contributed by atoms with Crippen molar-refractivity contribution >= 4 is 22.5 Å². The Balaban J connectivity index is 2.61. The Morgan fingerprint density at radius 1 is 1.35 bits per heavy atom. The molecule has 1 heterocycles. The lowest BCUT2D eigenvalue weighted by molar-refractivity contribution is -0.114. The molecule has 0 atom stereocenters. The number of hydrogen-bond acceptors (Lipinski definition) is 3. The third-order valence-corrected chi connectivity index (χ3v) is 2.44. The molecule has 1 aromatic heterocycles. The van der Waals surface area contributed by atoms with Crippen LogP contribution in [0.3, 0.4) is 0 Å². The highest BCUT2D eigenvalue weighted by atomic mass is 16.5. The molecule has 88 valence electrons. The molecule has 4 heteroatoms. The van der Waals surface area contributed by atoms with Gasteiger partial charge in [0.25, 0.3) is 0 Å². The van der Waals surface area contributed by atoms with Gasteiger partial charge in [0.05, 0.1) is 12.6 Å². The van der Waals surface area contributed by atoms with Gasteiger partial charge in [-0.2, -0.15) is 0 Å². The Labute approximate surface area is 99.6 Å². The van der Waals surface area contributed by atoms with Crippen molar-refractivity contribution in [2.45, 2.75) is 13.8 Å². The van der Waals surface area contributed by atoms with Crippen molar-refractivity contribution in [3.63, 3.8) is 0 Å². The number of methoxy groups -OCH3 is 1. The molecule has 1 amide bonds. The van der Waals surface area contributed by atoms with Gasteiger partial charge in [0.15, 0.2) is 0 Å². The lowest BCUT2D eigenvalue weighted by atomic mass is 10.1. The van der Waals surface area contributed by atoms with Gasteiger partial charge in [0, 0.05) is 30.3 Å². The highest BCUT2D eigenvalue weighted by Crippen LogP contribution is 2.29. The van der Waals surface area contributed by atoms with Gasteiger partial charge in [0.2, 0.25) is 5.91 Å². The molecular formula is C13H14N2O2. The normalized spacial score (nSPS) is 10.3. The van der Waals surface area contributed by atoms with Crippen LogP contribution >= 0.6 is 0 Å². The minimum atomic E-state index is -0.112. The van der Waals surface area contributed by atoms with E-state index in [9.17, 15) is 4.79 Å². The van der Waals surface area contributed by atoms with E-state index in [1.807, 2.05) is 19.1 Å². The molecule has 2 rings (SSSR count). The Kier molecular flexibility index (Phi) is 2.95. The van der Waals surface area contributed by atoms with Gasteiger partial charge in [-0.1, -0.05) is 0 Å². The second-order valence-corrected chi connectivity index (χ2v) is 3.94. The largest absolute Gasteiger partial charge is 0.496 e. The SMILES string of the molecule is COc1cc(NC(C)=O)cc2ncc(C)cc12. The fraction of sp³-hybridized carbons (Fsp3) is 0.231. The van der Waals surface area contributed by atoms with Crippen molar-refractivity contribution in [3.05, 3.63) is 30.0 Å². The summed E-state index contributed by atoms with van der Waals surface area (Å²) in [5, 5.41) is 3.67. The average molecular weight is 230 g/mol. The van der Waals surface area contributed by atoms with E-state index in [0.29, 0.717) is 11.4 Å². The first-order valence-electron chi connectivity index (χ1n) is 5.32. The Morgan fingerprint density at radius 3 is 2.76 bits per heavy atom. The Bertz CT molecular complexity index is 579. The van der Waals surface area contributed by atoms with Gasteiger partial charge in [-0.3, -0.25) is 9.78 Å². The van der Waals surface area contributed by atoms with Gasteiger partial charge >= 0.3 is 0 Å². The molecule has 0 fully saturated rings. The van der Waals surface area contributed by atoms with Crippen LogP contribution in [0.5, 0.6) is 5.75 Å². The molecule has 0 aliphatic rings. The summed E-state index contributed by atoms with van der Waals surface area (Å²) in [6, 6.07) is 5.64. The van der Waals surface area contributed by atoms with Crippen molar-refractivity contribution in [2.75, 3.05) is 12.4 Å². The summed E-state index contributed by atoms with van der Waals surface area (Å²) >= 11 is 0. The maximum Gasteiger partial charge on any atom is 0.221 e. The van der Waals surface area contributed by atoms with Gasteiger partial charge in [0.1, 0.15) is 5.75 Å². The van der Waals surface area contributed by atoms with Crippen LogP contribution in [0.15, 0.2) is 24.4 Å². The molecule has 0 bridgehead atoms. The molecule has 1 aromatic carbocycles. The van der Waals surface area contributed by atoms with Crippen molar-refractivity contribution in [1.29, 1.82) is 0 Å². The van der Waals surface area contributed by atoms with E-state index >= 15 is 0 Å². The number of nitrogens with zero attached hydrogens (tertiary/aromatic N) is 1. The molecule has 0 saturated heterocycles. The third-order valence-electron chi connectivity index (χ3n) is 2.44.